The van der Waals surface area contributed by atoms with E-state index in [0.717, 1.165) is 21.6 Å². The van der Waals surface area contributed by atoms with Gasteiger partial charge < -0.3 is 16.0 Å². The van der Waals surface area contributed by atoms with Gasteiger partial charge in [-0.1, -0.05) is 91.9 Å². The Morgan fingerprint density at radius 1 is 0.796 bits per heavy atom. The van der Waals surface area contributed by atoms with Crippen LogP contribution in [0.4, 0.5) is 17.1 Å². The zero-order valence-electron chi connectivity index (χ0n) is 26.9. The van der Waals surface area contributed by atoms with Crippen molar-refractivity contribution in [3.05, 3.63) is 160 Å². The van der Waals surface area contributed by atoms with E-state index in [1.54, 1.807) is 67.6 Å². The highest BCUT2D eigenvalue weighted by Gasteiger charge is 2.21. The topological polar surface area (TPSA) is 130 Å². The molecule has 5 aromatic rings. The van der Waals surface area contributed by atoms with Crippen molar-refractivity contribution < 1.29 is 19.3 Å². The number of nitrogens with zero attached hydrogens (tertiary/aromatic N) is 1. The van der Waals surface area contributed by atoms with Crippen LogP contribution >= 0.6 is 11.8 Å². The predicted octanol–water partition coefficient (Wildman–Crippen LogP) is 8.49. The number of nitrogens with one attached hydrogen (secondary N) is 3. The molecule has 0 spiro atoms. The van der Waals surface area contributed by atoms with Crippen LogP contribution in [0.1, 0.15) is 34.8 Å². The SMILES string of the molecule is CCC(Sc1cccc(NC(=O)/C(=C\c2ccc(-c3ccccc3)cc2)NC(=O)c2ccccc2)c1)C(=O)Nc1cc([N+](=O)[O-])ccc1C. The number of carbonyl (C=O) groups excluding carboxylic acids is 3. The fourth-order valence-corrected chi connectivity index (χ4v) is 5.93. The molecule has 9 nitrogen and oxygen atoms in total. The Morgan fingerprint density at radius 2 is 1.47 bits per heavy atom. The predicted molar refractivity (Wildman–Crippen MR) is 195 cm³/mol. The van der Waals surface area contributed by atoms with E-state index in [4.69, 9.17) is 0 Å². The molecule has 3 amide bonds. The van der Waals surface area contributed by atoms with Crippen molar-refractivity contribution in [3.8, 4) is 11.1 Å². The highest BCUT2D eigenvalue weighted by molar-refractivity contribution is 8.00. The molecule has 0 fully saturated rings. The molecule has 246 valence electrons. The summed E-state index contributed by atoms with van der Waals surface area (Å²) < 4.78 is 0. The second kappa shape index (κ2) is 16.2. The zero-order chi connectivity index (χ0) is 34.8. The van der Waals surface area contributed by atoms with Gasteiger partial charge in [-0.05, 0) is 72.0 Å². The molecule has 0 aliphatic heterocycles. The number of benzene rings is 5. The molecule has 1 unspecified atom stereocenters. The highest BCUT2D eigenvalue weighted by atomic mass is 32.2. The number of aryl methyl sites for hydroxylation is 1. The van der Waals surface area contributed by atoms with Gasteiger partial charge in [0, 0.05) is 28.3 Å². The molecule has 1 atom stereocenters. The third-order valence-electron chi connectivity index (χ3n) is 7.58. The quantitative estimate of drug-likeness (QED) is 0.0528. The fourth-order valence-electron chi connectivity index (χ4n) is 4.92. The monoisotopic (exact) mass is 670 g/mol. The average Bonchev–Trinajstić information content (AvgIpc) is 3.12. The number of nitro benzene ring substituents is 1. The zero-order valence-corrected chi connectivity index (χ0v) is 27.7. The lowest BCUT2D eigenvalue weighted by molar-refractivity contribution is -0.384. The van der Waals surface area contributed by atoms with Gasteiger partial charge in [-0.15, -0.1) is 11.8 Å². The van der Waals surface area contributed by atoms with Crippen LogP contribution in [-0.4, -0.2) is 27.9 Å². The van der Waals surface area contributed by atoms with E-state index < -0.39 is 22.0 Å². The molecular formula is C39H34N4O5S. The summed E-state index contributed by atoms with van der Waals surface area (Å²) in [5.41, 5.74) is 4.71. The molecule has 0 radical (unpaired) electrons. The van der Waals surface area contributed by atoms with Crippen LogP contribution < -0.4 is 16.0 Å². The first-order valence-corrected chi connectivity index (χ1v) is 16.5. The molecule has 0 aromatic heterocycles. The number of amides is 3. The molecule has 49 heavy (non-hydrogen) atoms. The lowest BCUT2D eigenvalue weighted by Crippen LogP contribution is -2.30. The van der Waals surface area contributed by atoms with Crippen molar-refractivity contribution in [2.24, 2.45) is 0 Å². The minimum absolute atomic E-state index is 0.0532. The molecule has 0 aliphatic rings. The van der Waals surface area contributed by atoms with Gasteiger partial charge in [-0.25, -0.2) is 0 Å². The number of carbonyl (C=O) groups is 3. The number of hydrogen-bond donors (Lipinski definition) is 3. The molecule has 0 heterocycles. The second-order valence-electron chi connectivity index (χ2n) is 11.1. The van der Waals surface area contributed by atoms with E-state index in [1.807, 2.05) is 67.6 Å². The van der Waals surface area contributed by atoms with Crippen LogP contribution in [0.25, 0.3) is 17.2 Å². The first kappa shape index (κ1) is 34.3. The van der Waals surface area contributed by atoms with E-state index in [-0.39, 0.29) is 17.3 Å². The number of rotatable bonds is 12. The minimum atomic E-state index is -0.524. The summed E-state index contributed by atoms with van der Waals surface area (Å²) in [6.45, 7) is 3.65. The first-order valence-electron chi connectivity index (χ1n) is 15.6. The fraction of sp³-hybridized carbons (Fsp3) is 0.103. The van der Waals surface area contributed by atoms with Gasteiger partial charge in [0.1, 0.15) is 5.70 Å². The van der Waals surface area contributed by atoms with Crippen LogP contribution in [-0.2, 0) is 9.59 Å². The van der Waals surface area contributed by atoms with Crippen molar-refractivity contribution in [2.45, 2.75) is 30.4 Å². The van der Waals surface area contributed by atoms with Crippen LogP contribution in [0.5, 0.6) is 0 Å². The Morgan fingerprint density at radius 3 is 2.14 bits per heavy atom. The summed E-state index contributed by atoms with van der Waals surface area (Å²) in [5, 5.41) is 19.2. The molecule has 0 bridgehead atoms. The van der Waals surface area contributed by atoms with E-state index in [9.17, 15) is 24.5 Å². The Bertz CT molecular complexity index is 2000. The summed E-state index contributed by atoms with van der Waals surface area (Å²) >= 11 is 1.31. The number of non-ortho nitro benzene ring substituents is 1. The molecule has 0 saturated carbocycles. The third kappa shape index (κ3) is 9.30. The van der Waals surface area contributed by atoms with E-state index in [2.05, 4.69) is 16.0 Å². The lowest BCUT2D eigenvalue weighted by atomic mass is 10.0. The maximum atomic E-state index is 13.7. The highest BCUT2D eigenvalue weighted by Crippen LogP contribution is 2.30. The lowest BCUT2D eigenvalue weighted by Gasteiger charge is -2.17. The standard InChI is InChI=1S/C39H34N4O5S/c1-3-36(39(46)41-34-25-32(43(47)48)22-17-26(34)2)49-33-16-10-15-31(24-33)40-38(45)35(42-37(44)30-13-8-5-9-14-30)23-27-18-20-29(21-19-27)28-11-6-4-7-12-28/h4-25,36H,3H2,1-2H3,(H,40,45)(H,41,46)(H,42,44)/b35-23+. The number of hydrogen-bond acceptors (Lipinski definition) is 6. The van der Waals surface area contributed by atoms with E-state index in [1.165, 1.54) is 23.9 Å². The Labute approximate surface area is 288 Å². The van der Waals surface area contributed by atoms with Crippen LogP contribution in [0.3, 0.4) is 0 Å². The van der Waals surface area contributed by atoms with Gasteiger partial charge >= 0.3 is 0 Å². The summed E-state index contributed by atoms with van der Waals surface area (Å²) in [4.78, 5) is 51.4. The molecule has 0 aliphatic carbocycles. The largest absolute Gasteiger partial charge is 0.325 e. The van der Waals surface area contributed by atoms with Crippen molar-refractivity contribution >= 4 is 52.6 Å². The molecule has 10 heteroatoms. The van der Waals surface area contributed by atoms with Gasteiger partial charge in [0.25, 0.3) is 17.5 Å². The summed E-state index contributed by atoms with van der Waals surface area (Å²) in [6, 6.07) is 37.7. The number of thioether (sulfide) groups is 1. The van der Waals surface area contributed by atoms with Crippen molar-refractivity contribution in [1.82, 2.24) is 5.32 Å². The maximum absolute atomic E-state index is 13.7. The van der Waals surface area contributed by atoms with E-state index in [0.29, 0.717) is 28.9 Å². The van der Waals surface area contributed by atoms with Crippen molar-refractivity contribution in [2.75, 3.05) is 10.6 Å². The number of anilines is 2. The van der Waals surface area contributed by atoms with Crippen molar-refractivity contribution in [1.29, 1.82) is 0 Å². The maximum Gasteiger partial charge on any atom is 0.272 e. The molecule has 0 saturated heterocycles. The van der Waals surface area contributed by atoms with Crippen LogP contribution in [0, 0.1) is 17.0 Å². The minimum Gasteiger partial charge on any atom is -0.325 e. The Kier molecular flexibility index (Phi) is 11.4. The molecule has 3 N–H and O–H groups in total. The summed E-state index contributed by atoms with van der Waals surface area (Å²) in [5.74, 6) is -1.25. The number of nitro groups is 1. The average molecular weight is 671 g/mol. The first-order chi connectivity index (χ1) is 23.7. The smallest absolute Gasteiger partial charge is 0.272 e. The molecule has 5 rings (SSSR count). The molecular weight excluding hydrogens is 637 g/mol. The van der Waals surface area contributed by atoms with Gasteiger partial charge in [-0.2, -0.15) is 0 Å². The second-order valence-corrected chi connectivity index (χ2v) is 12.4. The third-order valence-corrected chi connectivity index (χ3v) is 8.94. The van der Waals surface area contributed by atoms with Gasteiger partial charge in [0.2, 0.25) is 5.91 Å². The van der Waals surface area contributed by atoms with Crippen LogP contribution in [0.15, 0.2) is 138 Å². The summed E-state index contributed by atoms with van der Waals surface area (Å²) in [7, 11) is 0. The van der Waals surface area contributed by atoms with Gasteiger partial charge in [0.15, 0.2) is 0 Å². The van der Waals surface area contributed by atoms with Crippen LogP contribution in [0.2, 0.25) is 0 Å². The van der Waals surface area contributed by atoms with Crippen molar-refractivity contribution in [3.63, 3.8) is 0 Å². The Balaban J connectivity index is 1.33. The van der Waals surface area contributed by atoms with E-state index >= 15 is 0 Å². The summed E-state index contributed by atoms with van der Waals surface area (Å²) in [6.07, 6.45) is 2.11. The van der Waals surface area contributed by atoms with Gasteiger partial charge in [0.05, 0.1) is 15.9 Å². The van der Waals surface area contributed by atoms with Gasteiger partial charge in [-0.3, -0.25) is 24.5 Å². The Hall–Kier alpha value is -6.00. The molecule has 5 aromatic carbocycles. The normalized spacial score (nSPS) is 11.7.